The Labute approximate surface area is 67.6 Å². The van der Waals surface area contributed by atoms with Crippen molar-refractivity contribution in [1.82, 2.24) is 5.06 Å². The summed E-state index contributed by atoms with van der Waals surface area (Å²) in [5.74, 6) is 0.975. The van der Waals surface area contributed by atoms with E-state index in [0.29, 0.717) is 24.9 Å². The molecule has 0 aromatic rings. The number of hydrogen-bond donors (Lipinski definition) is 2. The summed E-state index contributed by atoms with van der Waals surface area (Å²) in [5, 5.41) is 19.7. The molecule has 66 valence electrons. The Balaban J connectivity index is 2.43. The molecule has 0 unspecified atom stereocenters. The monoisotopic (exact) mass is 159 g/mol. The summed E-state index contributed by atoms with van der Waals surface area (Å²) in [4.78, 5) is 0. The van der Waals surface area contributed by atoms with Crippen LogP contribution in [0, 0.1) is 11.8 Å². The van der Waals surface area contributed by atoms with E-state index < -0.39 is 0 Å². The lowest BCUT2D eigenvalue weighted by atomic mass is 9.87. The largest absolute Gasteiger partial charge is 0.392 e. The Kier molecular flexibility index (Phi) is 2.87. The van der Waals surface area contributed by atoms with Gasteiger partial charge in [0.1, 0.15) is 0 Å². The molecule has 0 bridgehead atoms. The van der Waals surface area contributed by atoms with Gasteiger partial charge < -0.3 is 10.3 Å². The second-order valence-electron chi connectivity index (χ2n) is 3.77. The zero-order valence-corrected chi connectivity index (χ0v) is 7.20. The number of piperidine rings is 1. The lowest BCUT2D eigenvalue weighted by Crippen LogP contribution is -2.42. The number of nitrogens with zero attached hydrogens (tertiary/aromatic N) is 1. The van der Waals surface area contributed by atoms with Crippen molar-refractivity contribution in [2.45, 2.75) is 26.4 Å². The average molecular weight is 159 g/mol. The quantitative estimate of drug-likeness (QED) is 0.592. The molecule has 3 heteroatoms. The van der Waals surface area contributed by atoms with Gasteiger partial charge in [0.25, 0.3) is 0 Å². The lowest BCUT2D eigenvalue weighted by molar-refractivity contribution is -0.152. The summed E-state index contributed by atoms with van der Waals surface area (Å²) in [6.45, 7) is 5.35. The van der Waals surface area contributed by atoms with Crippen molar-refractivity contribution in [2.75, 3.05) is 13.1 Å². The van der Waals surface area contributed by atoms with Gasteiger partial charge in [0, 0.05) is 13.1 Å². The van der Waals surface area contributed by atoms with E-state index in [4.69, 9.17) is 0 Å². The highest BCUT2D eigenvalue weighted by atomic mass is 16.5. The van der Waals surface area contributed by atoms with Gasteiger partial charge in [-0.25, -0.2) is 0 Å². The van der Waals surface area contributed by atoms with Crippen molar-refractivity contribution in [3.8, 4) is 0 Å². The standard InChI is InChI=1S/C8H17NO2/c1-6(2)7-3-8(10)5-9(11)4-7/h6-8,10-11H,3-5H2,1-2H3/t7-,8+/m1/s1. The second-order valence-corrected chi connectivity index (χ2v) is 3.77. The Morgan fingerprint density at radius 1 is 1.36 bits per heavy atom. The number of aliphatic hydroxyl groups excluding tert-OH is 1. The van der Waals surface area contributed by atoms with Crippen LogP contribution in [0.3, 0.4) is 0 Å². The lowest BCUT2D eigenvalue weighted by Gasteiger charge is -2.33. The summed E-state index contributed by atoms with van der Waals surface area (Å²) < 4.78 is 0. The van der Waals surface area contributed by atoms with Crippen LogP contribution in [0.2, 0.25) is 0 Å². The fraction of sp³-hybridized carbons (Fsp3) is 1.00. The van der Waals surface area contributed by atoms with E-state index in [1.807, 2.05) is 0 Å². The number of β-amino-alcohol motifs (C(OH)–C–C–N with tert-alkyl or cyclic N) is 1. The molecule has 1 aliphatic rings. The van der Waals surface area contributed by atoms with Gasteiger partial charge in [-0.15, -0.1) is 0 Å². The summed E-state index contributed by atoms with van der Waals surface area (Å²) in [7, 11) is 0. The van der Waals surface area contributed by atoms with E-state index in [1.165, 1.54) is 5.06 Å². The highest BCUT2D eigenvalue weighted by Crippen LogP contribution is 2.22. The number of aliphatic hydroxyl groups is 1. The number of rotatable bonds is 1. The second kappa shape index (κ2) is 3.52. The van der Waals surface area contributed by atoms with E-state index in [2.05, 4.69) is 13.8 Å². The van der Waals surface area contributed by atoms with Gasteiger partial charge in [-0.3, -0.25) is 0 Å². The van der Waals surface area contributed by atoms with Crippen molar-refractivity contribution < 1.29 is 10.3 Å². The maximum Gasteiger partial charge on any atom is 0.0693 e. The minimum Gasteiger partial charge on any atom is -0.392 e. The first kappa shape index (κ1) is 8.97. The minimum absolute atomic E-state index is 0.346. The molecule has 11 heavy (non-hydrogen) atoms. The smallest absolute Gasteiger partial charge is 0.0693 e. The molecule has 1 saturated heterocycles. The SMILES string of the molecule is CC(C)[C@@H]1C[C@H](O)CN(O)C1. The zero-order valence-electron chi connectivity index (χ0n) is 7.20. The van der Waals surface area contributed by atoms with E-state index in [0.717, 1.165) is 6.42 Å². The molecule has 0 aromatic heterocycles. The molecule has 3 nitrogen and oxygen atoms in total. The van der Waals surface area contributed by atoms with E-state index >= 15 is 0 Å². The van der Waals surface area contributed by atoms with Gasteiger partial charge in [0.05, 0.1) is 6.10 Å². The molecule has 1 rings (SSSR count). The molecule has 0 saturated carbocycles. The fourth-order valence-corrected chi connectivity index (χ4v) is 1.57. The Morgan fingerprint density at radius 2 is 2.00 bits per heavy atom. The Hall–Kier alpha value is -0.120. The third-order valence-electron chi connectivity index (χ3n) is 2.38. The van der Waals surface area contributed by atoms with Crippen LogP contribution in [0.1, 0.15) is 20.3 Å². The fourth-order valence-electron chi connectivity index (χ4n) is 1.57. The highest BCUT2D eigenvalue weighted by Gasteiger charge is 2.26. The van der Waals surface area contributed by atoms with Crippen LogP contribution in [0.5, 0.6) is 0 Å². The molecule has 0 aliphatic carbocycles. The Morgan fingerprint density at radius 3 is 2.45 bits per heavy atom. The molecule has 0 aromatic carbocycles. The maximum atomic E-state index is 9.30. The van der Waals surface area contributed by atoms with Crippen LogP contribution in [0.25, 0.3) is 0 Å². The first-order chi connectivity index (χ1) is 5.09. The molecule has 2 N–H and O–H groups in total. The molecule has 0 spiro atoms. The molecule has 2 atom stereocenters. The molecular formula is C8H17NO2. The zero-order chi connectivity index (χ0) is 8.43. The van der Waals surface area contributed by atoms with Gasteiger partial charge in [-0.2, -0.15) is 5.06 Å². The molecule has 1 aliphatic heterocycles. The maximum absolute atomic E-state index is 9.30. The minimum atomic E-state index is -0.346. The third-order valence-corrected chi connectivity index (χ3v) is 2.38. The average Bonchev–Trinajstić information content (AvgIpc) is 1.85. The Bertz CT molecular complexity index is 117. The topological polar surface area (TPSA) is 43.7 Å². The predicted molar refractivity (Wildman–Crippen MR) is 42.3 cm³/mol. The predicted octanol–water partition coefficient (Wildman–Crippen LogP) is 0.714. The van der Waals surface area contributed by atoms with Gasteiger partial charge in [0.15, 0.2) is 0 Å². The van der Waals surface area contributed by atoms with Crippen LogP contribution in [-0.2, 0) is 0 Å². The summed E-state index contributed by atoms with van der Waals surface area (Å²) >= 11 is 0. The summed E-state index contributed by atoms with van der Waals surface area (Å²) in [6.07, 6.45) is 0.482. The number of hydrogen-bond acceptors (Lipinski definition) is 3. The highest BCUT2D eigenvalue weighted by molar-refractivity contribution is 4.76. The molecule has 1 fully saturated rings. The van der Waals surface area contributed by atoms with Crippen LogP contribution in [0.15, 0.2) is 0 Å². The molecule has 1 heterocycles. The van der Waals surface area contributed by atoms with Crippen molar-refractivity contribution in [3.05, 3.63) is 0 Å². The van der Waals surface area contributed by atoms with E-state index in [9.17, 15) is 10.3 Å². The third kappa shape index (κ3) is 2.43. The van der Waals surface area contributed by atoms with Gasteiger partial charge in [-0.05, 0) is 18.3 Å². The van der Waals surface area contributed by atoms with Crippen LogP contribution in [-0.4, -0.2) is 34.6 Å². The first-order valence-electron chi connectivity index (χ1n) is 4.21. The van der Waals surface area contributed by atoms with Gasteiger partial charge in [0.2, 0.25) is 0 Å². The van der Waals surface area contributed by atoms with E-state index in [1.54, 1.807) is 0 Å². The van der Waals surface area contributed by atoms with E-state index in [-0.39, 0.29) is 6.10 Å². The van der Waals surface area contributed by atoms with Gasteiger partial charge in [-0.1, -0.05) is 13.8 Å². The normalized spacial score (nSPS) is 34.6. The van der Waals surface area contributed by atoms with Crippen molar-refractivity contribution in [2.24, 2.45) is 11.8 Å². The molecular weight excluding hydrogens is 142 g/mol. The van der Waals surface area contributed by atoms with Crippen molar-refractivity contribution >= 4 is 0 Å². The van der Waals surface area contributed by atoms with Crippen molar-refractivity contribution in [3.63, 3.8) is 0 Å². The summed E-state index contributed by atoms with van der Waals surface area (Å²) in [5.41, 5.74) is 0. The van der Waals surface area contributed by atoms with Gasteiger partial charge >= 0.3 is 0 Å². The van der Waals surface area contributed by atoms with Crippen LogP contribution < -0.4 is 0 Å². The summed E-state index contributed by atoms with van der Waals surface area (Å²) in [6, 6.07) is 0. The molecule has 0 amide bonds. The van der Waals surface area contributed by atoms with Crippen LogP contribution >= 0.6 is 0 Å². The van der Waals surface area contributed by atoms with Crippen molar-refractivity contribution in [1.29, 1.82) is 0 Å². The first-order valence-corrected chi connectivity index (χ1v) is 4.21. The molecule has 0 radical (unpaired) electrons. The van der Waals surface area contributed by atoms with Crippen LogP contribution in [0.4, 0.5) is 0 Å². The number of hydroxylamine groups is 2.